The maximum absolute atomic E-state index is 12.9. The monoisotopic (exact) mass is 395 g/mol. The van der Waals surface area contributed by atoms with Gasteiger partial charge in [-0.15, -0.1) is 10.2 Å². The van der Waals surface area contributed by atoms with Gasteiger partial charge in [0.2, 0.25) is 5.91 Å². The van der Waals surface area contributed by atoms with Crippen LogP contribution in [0.2, 0.25) is 0 Å². The molecule has 146 valence electrons. The van der Waals surface area contributed by atoms with Crippen LogP contribution in [0.15, 0.2) is 35.6 Å². The lowest BCUT2D eigenvalue weighted by molar-refractivity contribution is -0.131. The van der Waals surface area contributed by atoms with Crippen LogP contribution < -0.4 is 0 Å². The number of piperidine rings is 1. The third kappa shape index (κ3) is 3.21. The van der Waals surface area contributed by atoms with Crippen molar-refractivity contribution in [3.8, 4) is 11.4 Å². The fourth-order valence-electron chi connectivity index (χ4n) is 4.04. The molecular weight excluding hydrogens is 370 g/mol. The van der Waals surface area contributed by atoms with Crippen LogP contribution in [0.3, 0.4) is 0 Å². The summed E-state index contributed by atoms with van der Waals surface area (Å²) in [7, 11) is 0. The van der Waals surface area contributed by atoms with Gasteiger partial charge in [0, 0.05) is 41.8 Å². The molecule has 2 aliphatic rings. The Kier molecular flexibility index (Phi) is 4.62. The van der Waals surface area contributed by atoms with E-state index in [2.05, 4.69) is 31.9 Å². The molecule has 0 spiro atoms. The predicted octanol–water partition coefficient (Wildman–Crippen LogP) is 4.25. The number of aromatic nitrogens is 4. The zero-order valence-electron chi connectivity index (χ0n) is 16.1. The van der Waals surface area contributed by atoms with Crippen molar-refractivity contribution in [1.29, 1.82) is 0 Å². The molecule has 0 bridgehead atoms. The van der Waals surface area contributed by atoms with Crippen molar-refractivity contribution >= 4 is 28.6 Å². The first-order valence-corrected chi connectivity index (χ1v) is 11.1. The number of fused-ring (bicyclic) bond motifs is 1. The Hall–Kier alpha value is -2.28. The molecule has 6 nitrogen and oxygen atoms in total. The zero-order valence-corrected chi connectivity index (χ0v) is 16.9. The van der Waals surface area contributed by atoms with Crippen molar-refractivity contribution in [1.82, 2.24) is 24.6 Å². The van der Waals surface area contributed by atoms with Gasteiger partial charge < -0.3 is 9.88 Å². The minimum atomic E-state index is -0.143. The third-order valence-corrected chi connectivity index (χ3v) is 6.75. The minimum Gasteiger partial charge on any atom is -0.360 e. The Balaban J connectivity index is 1.44. The van der Waals surface area contributed by atoms with Crippen molar-refractivity contribution in [3.05, 3.63) is 30.5 Å². The highest BCUT2D eigenvalue weighted by atomic mass is 32.2. The van der Waals surface area contributed by atoms with Crippen LogP contribution in [0, 0.1) is 0 Å². The van der Waals surface area contributed by atoms with E-state index in [0.29, 0.717) is 6.04 Å². The molecule has 28 heavy (non-hydrogen) atoms. The molecule has 3 heterocycles. The molecule has 1 atom stereocenters. The molecular formula is C21H25N5OS. The quantitative estimate of drug-likeness (QED) is 0.656. The molecule has 2 aromatic heterocycles. The lowest BCUT2D eigenvalue weighted by atomic mass is 10.1. The smallest absolute Gasteiger partial charge is 0.235 e. The Labute approximate surface area is 168 Å². The van der Waals surface area contributed by atoms with Crippen molar-refractivity contribution in [2.75, 3.05) is 13.1 Å². The average molecular weight is 396 g/mol. The maximum atomic E-state index is 12.9. The molecule has 1 N–H and O–H groups in total. The molecule has 1 aliphatic heterocycles. The second kappa shape index (κ2) is 7.28. The van der Waals surface area contributed by atoms with E-state index >= 15 is 0 Å². The summed E-state index contributed by atoms with van der Waals surface area (Å²) in [6.07, 6.45) is 7.78. The minimum absolute atomic E-state index is 0.143. The first-order valence-electron chi connectivity index (χ1n) is 10.2. The summed E-state index contributed by atoms with van der Waals surface area (Å²) in [6, 6.07) is 8.71. The van der Waals surface area contributed by atoms with Crippen LogP contribution in [0.5, 0.6) is 0 Å². The summed E-state index contributed by atoms with van der Waals surface area (Å²) in [4.78, 5) is 18.2. The lowest BCUT2D eigenvalue weighted by Crippen LogP contribution is -2.40. The number of H-pyrrole nitrogens is 1. The molecule has 0 radical (unpaired) electrons. The van der Waals surface area contributed by atoms with Gasteiger partial charge in [0.1, 0.15) is 0 Å². The molecule has 1 amide bonds. The number of nitrogens with one attached hydrogen (secondary N) is 1. The number of para-hydroxylation sites is 1. The van der Waals surface area contributed by atoms with E-state index in [4.69, 9.17) is 0 Å². The number of hydrogen-bond acceptors (Lipinski definition) is 4. The topological polar surface area (TPSA) is 66.8 Å². The molecule has 1 aliphatic carbocycles. The van der Waals surface area contributed by atoms with Crippen LogP contribution in [-0.2, 0) is 4.79 Å². The number of carbonyl (C=O) groups is 1. The fraction of sp³-hybridized carbons (Fsp3) is 0.476. The van der Waals surface area contributed by atoms with Crippen LogP contribution >= 0.6 is 11.8 Å². The number of amides is 1. The normalized spacial score (nSPS) is 18.5. The summed E-state index contributed by atoms with van der Waals surface area (Å²) in [5.74, 6) is 1.13. The Morgan fingerprint density at radius 3 is 2.75 bits per heavy atom. The van der Waals surface area contributed by atoms with Gasteiger partial charge in [0.25, 0.3) is 0 Å². The number of aromatic amines is 1. The molecule has 1 saturated heterocycles. The van der Waals surface area contributed by atoms with Crippen LogP contribution in [0.1, 0.15) is 45.1 Å². The van der Waals surface area contributed by atoms with Crippen LogP contribution in [-0.4, -0.2) is 48.9 Å². The molecule has 1 saturated carbocycles. The highest BCUT2D eigenvalue weighted by Gasteiger charge is 2.33. The highest BCUT2D eigenvalue weighted by Crippen LogP contribution is 2.43. The number of likely N-dealkylation sites (tertiary alicyclic amines) is 1. The van der Waals surface area contributed by atoms with Crippen molar-refractivity contribution in [3.63, 3.8) is 0 Å². The number of nitrogens with zero attached hydrogens (tertiary/aromatic N) is 4. The second-order valence-corrected chi connectivity index (χ2v) is 9.11. The summed E-state index contributed by atoms with van der Waals surface area (Å²) in [5.41, 5.74) is 2.18. The Bertz CT molecular complexity index is 999. The van der Waals surface area contributed by atoms with E-state index in [0.717, 1.165) is 66.2 Å². The van der Waals surface area contributed by atoms with Crippen molar-refractivity contribution in [2.24, 2.45) is 0 Å². The first kappa shape index (κ1) is 17.8. The van der Waals surface area contributed by atoms with E-state index < -0.39 is 0 Å². The first-order chi connectivity index (χ1) is 13.7. The number of carbonyl (C=O) groups excluding carboxylic acids is 1. The zero-order chi connectivity index (χ0) is 19.1. The van der Waals surface area contributed by atoms with E-state index in [9.17, 15) is 4.79 Å². The van der Waals surface area contributed by atoms with Gasteiger partial charge in [-0.05, 0) is 45.1 Å². The predicted molar refractivity (Wildman–Crippen MR) is 111 cm³/mol. The van der Waals surface area contributed by atoms with Gasteiger partial charge in [-0.3, -0.25) is 9.36 Å². The second-order valence-electron chi connectivity index (χ2n) is 7.80. The largest absolute Gasteiger partial charge is 0.360 e. The highest BCUT2D eigenvalue weighted by molar-refractivity contribution is 8.00. The standard InChI is InChI=1S/C21H25N5OS/c1-14(20(27)25-11-5-2-6-12-25)28-21-24-23-19(26(21)15-9-10-15)17-13-22-18-8-4-3-7-16(17)18/h3-4,7-8,13-15,22H,2,5-6,9-12H2,1H3. The lowest BCUT2D eigenvalue weighted by Gasteiger charge is -2.28. The number of thioether (sulfide) groups is 1. The van der Waals surface area contributed by atoms with Crippen molar-refractivity contribution < 1.29 is 4.79 Å². The van der Waals surface area contributed by atoms with E-state index in [1.54, 1.807) is 11.8 Å². The Morgan fingerprint density at radius 1 is 1.18 bits per heavy atom. The van der Waals surface area contributed by atoms with Gasteiger partial charge in [0.15, 0.2) is 11.0 Å². The summed E-state index contributed by atoms with van der Waals surface area (Å²) < 4.78 is 2.25. The van der Waals surface area contributed by atoms with E-state index in [1.165, 1.54) is 6.42 Å². The number of rotatable bonds is 5. The van der Waals surface area contributed by atoms with Crippen LogP contribution in [0.25, 0.3) is 22.3 Å². The molecule has 5 rings (SSSR count). The molecule has 1 unspecified atom stereocenters. The van der Waals surface area contributed by atoms with Gasteiger partial charge >= 0.3 is 0 Å². The van der Waals surface area contributed by atoms with Gasteiger partial charge in [-0.25, -0.2) is 0 Å². The number of hydrogen-bond donors (Lipinski definition) is 1. The molecule has 1 aromatic carbocycles. The van der Waals surface area contributed by atoms with Gasteiger partial charge in [0.05, 0.1) is 5.25 Å². The Morgan fingerprint density at radius 2 is 1.96 bits per heavy atom. The molecule has 7 heteroatoms. The SMILES string of the molecule is CC(Sc1nnc(-c2c[nH]c3ccccc23)n1C1CC1)C(=O)N1CCCCC1. The van der Waals surface area contributed by atoms with Gasteiger partial charge in [-0.1, -0.05) is 30.0 Å². The number of benzene rings is 1. The van der Waals surface area contributed by atoms with Gasteiger partial charge in [-0.2, -0.15) is 0 Å². The van der Waals surface area contributed by atoms with Crippen molar-refractivity contribution in [2.45, 2.75) is 55.5 Å². The third-order valence-electron chi connectivity index (χ3n) is 5.70. The summed E-state index contributed by atoms with van der Waals surface area (Å²) in [5, 5.41) is 10.9. The van der Waals surface area contributed by atoms with E-state index in [1.807, 2.05) is 30.2 Å². The summed E-state index contributed by atoms with van der Waals surface area (Å²) >= 11 is 1.55. The molecule has 3 aromatic rings. The fourth-order valence-corrected chi connectivity index (χ4v) is 5.04. The molecule has 2 fully saturated rings. The van der Waals surface area contributed by atoms with E-state index in [-0.39, 0.29) is 11.2 Å². The summed E-state index contributed by atoms with van der Waals surface area (Å²) in [6.45, 7) is 3.78. The van der Waals surface area contributed by atoms with Crippen LogP contribution in [0.4, 0.5) is 0 Å². The average Bonchev–Trinajstić information content (AvgIpc) is 3.35. The maximum Gasteiger partial charge on any atom is 0.235 e.